The predicted molar refractivity (Wildman–Crippen MR) is 46.7 cm³/mol. The van der Waals surface area contributed by atoms with Gasteiger partial charge >= 0.3 is 0 Å². The van der Waals surface area contributed by atoms with Gasteiger partial charge in [-0.1, -0.05) is 18.2 Å². The van der Waals surface area contributed by atoms with Gasteiger partial charge in [-0.3, -0.25) is 0 Å². The topological polar surface area (TPSA) is 33.0 Å². The fourth-order valence-electron chi connectivity index (χ4n) is 0.775. The Kier molecular flexibility index (Phi) is 3.16. The van der Waals surface area contributed by atoms with E-state index in [-0.39, 0.29) is 5.92 Å². The van der Waals surface area contributed by atoms with Crippen LogP contribution in [-0.4, -0.2) is 6.61 Å². The Labute approximate surface area is 72.4 Å². The number of para-hydroxylation sites is 1. The van der Waals surface area contributed by atoms with Gasteiger partial charge in [-0.05, 0) is 19.1 Å². The van der Waals surface area contributed by atoms with Gasteiger partial charge in [0, 0.05) is 0 Å². The minimum atomic E-state index is -0.0507. The van der Waals surface area contributed by atoms with Crippen molar-refractivity contribution in [2.24, 2.45) is 5.92 Å². The molecule has 0 heterocycles. The van der Waals surface area contributed by atoms with Crippen molar-refractivity contribution in [1.82, 2.24) is 0 Å². The van der Waals surface area contributed by atoms with Crippen molar-refractivity contribution < 1.29 is 4.74 Å². The molecule has 0 aliphatic heterocycles. The highest BCUT2D eigenvalue weighted by Gasteiger charge is 1.99. The summed E-state index contributed by atoms with van der Waals surface area (Å²) in [7, 11) is 0. The van der Waals surface area contributed by atoms with E-state index in [2.05, 4.69) is 6.07 Å². The van der Waals surface area contributed by atoms with E-state index in [0.29, 0.717) is 6.61 Å². The standard InChI is InChI=1S/C10H11NO/c1-9(7-11)8-12-10-5-3-2-4-6-10/h2-6,9H,8H2,1H3. The molecule has 0 radical (unpaired) electrons. The third-order valence-corrected chi connectivity index (χ3v) is 1.46. The average Bonchev–Trinajstić information content (AvgIpc) is 2.16. The monoisotopic (exact) mass is 161 g/mol. The Bertz CT molecular complexity index is 263. The Morgan fingerprint density at radius 2 is 2.08 bits per heavy atom. The van der Waals surface area contributed by atoms with E-state index in [9.17, 15) is 0 Å². The van der Waals surface area contributed by atoms with Crippen molar-refractivity contribution in [2.75, 3.05) is 6.61 Å². The zero-order valence-corrected chi connectivity index (χ0v) is 7.03. The second kappa shape index (κ2) is 4.40. The summed E-state index contributed by atoms with van der Waals surface area (Å²) in [6.07, 6.45) is 0. The van der Waals surface area contributed by atoms with Crippen molar-refractivity contribution in [3.05, 3.63) is 30.3 Å². The molecule has 1 atom stereocenters. The largest absolute Gasteiger partial charge is 0.492 e. The molecule has 0 amide bonds. The minimum absolute atomic E-state index is 0.0507. The number of hydrogen-bond acceptors (Lipinski definition) is 2. The zero-order valence-electron chi connectivity index (χ0n) is 7.03. The maximum atomic E-state index is 8.48. The molecule has 0 aliphatic carbocycles. The molecule has 0 aliphatic rings. The summed E-state index contributed by atoms with van der Waals surface area (Å²) in [5, 5.41) is 8.48. The van der Waals surface area contributed by atoms with E-state index in [1.807, 2.05) is 37.3 Å². The SMILES string of the molecule is CC(C#N)COc1ccccc1. The molecule has 1 aromatic carbocycles. The summed E-state index contributed by atoms with van der Waals surface area (Å²) in [6, 6.07) is 11.6. The Balaban J connectivity index is 2.40. The van der Waals surface area contributed by atoms with Gasteiger partial charge < -0.3 is 4.74 Å². The molecule has 0 spiro atoms. The van der Waals surface area contributed by atoms with Crippen LogP contribution >= 0.6 is 0 Å². The molecule has 1 unspecified atom stereocenters. The number of nitriles is 1. The van der Waals surface area contributed by atoms with Crippen molar-refractivity contribution in [1.29, 1.82) is 5.26 Å². The van der Waals surface area contributed by atoms with Crippen LogP contribution < -0.4 is 4.74 Å². The minimum Gasteiger partial charge on any atom is -0.492 e. The maximum Gasteiger partial charge on any atom is 0.119 e. The molecule has 0 bridgehead atoms. The van der Waals surface area contributed by atoms with Crippen molar-refractivity contribution in [2.45, 2.75) is 6.92 Å². The van der Waals surface area contributed by atoms with Gasteiger partial charge in [0.1, 0.15) is 12.4 Å². The van der Waals surface area contributed by atoms with Crippen LogP contribution in [0.2, 0.25) is 0 Å². The molecule has 0 saturated carbocycles. The molecule has 0 saturated heterocycles. The van der Waals surface area contributed by atoms with Crippen LogP contribution in [0.4, 0.5) is 0 Å². The van der Waals surface area contributed by atoms with Gasteiger partial charge in [0.15, 0.2) is 0 Å². The number of nitrogens with zero attached hydrogens (tertiary/aromatic N) is 1. The Morgan fingerprint density at radius 1 is 1.42 bits per heavy atom. The highest BCUT2D eigenvalue weighted by Crippen LogP contribution is 2.09. The fourth-order valence-corrected chi connectivity index (χ4v) is 0.775. The predicted octanol–water partition coefficient (Wildman–Crippen LogP) is 2.23. The zero-order chi connectivity index (χ0) is 8.81. The van der Waals surface area contributed by atoms with Crippen molar-refractivity contribution in [3.63, 3.8) is 0 Å². The molecule has 0 N–H and O–H groups in total. The Hall–Kier alpha value is -1.49. The van der Waals surface area contributed by atoms with E-state index in [4.69, 9.17) is 10.00 Å². The maximum absolute atomic E-state index is 8.48. The molecule has 2 heteroatoms. The quantitative estimate of drug-likeness (QED) is 0.681. The van der Waals surface area contributed by atoms with Crippen LogP contribution in [0.3, 0.4) is 0 Å². The van der Waals surface area contributed by atoms with Crippen LogP contribution in [0.1, 0.15) is 6.92 Å². The molecular formula is C10H11NO. The van der Waals surface area contributed by atoms with Crippen molar-refractivity contribution in [3.8, 4) is 11.8 Å². The highest BCUT2D eigenvalue weighted by atomic mass is 16.5. The van der Waals surface area contributed by atoms with E-state index >= 15 is 0 Å². The van der Waals surface area contributed by atoms with E-state index in [1.165, 1.54) is 0 Å². The van der Waals surface area contributed by atoms with Crippen LogP contribution in [0.5, 0.6) is 5.75 Å². The molecule has 0 aromatic heterocycles. The van der Waals surface area contributed by atoms with Gasteiger partial charge in [0.2, 0.25) is 0 Å². The average molecular weight is 161 g/mol. The van der Waals surface area contributed by atoms with Crippen LogP contribution in [-0.2, 0) is 0 Å². The van der Waals surface area contributed by atoms with Gasteiger partial charge in [-0.2, -0.15) is 5.26 Å². The molecule has 62 valence electrons. The Morgan fingerprint density at radius 3 is 2.67 bits per heavy atom. The van der Waals surface area contributed by atoms with Crippen molar-refractivity contribution >= 4 is 0 Å². The second-order valence-corrected chi connectivity index (χ2v) is 2.65. The molecular weight excluding hydrogens is 150 g/mol. The van der Waals surface area contributed by atoms with E-state index < -0.39 is 0 Å². The lowest BCUT2D eigenvalue weighted by molar-refractivity contribution is 0.288. The number of hydrogen-bond donors (Lipinski definition) is 0. The first-order valence-corrected chi connectivity index (χ1v) is 3.90. The molecule has 1 aromatic rings. The van der Waals surface area contributed by atoms with Gasteiger partial charge in [0.25, 0.3) is 0 Å². The van der Waals surface area contributed by atoms with Crippen LogP contribution in [0.25, 0.3) is 0 Å². The van der Waals surface area contributed by atoms with E-state index in [0.717, 1.165) is 5.75 Å². The lowest BCUT2D eigenvalue weighted by Crippen LogP contribution is -2.05. The number of rotatable bonds is 3. The highest BCUT2D eigenvalue weighted by molar-refractivity contribution is 5.20. The number of benzene rings is 1. The van der Waals surface area contributed by atoms with E-state index in [1.54, 1.807) is 0 Å². The second-order valence-electron chi connectivity index (χ2n) is 2.65. The van der Waals surface area contributed by atoms with Crippen LogP contribution in [0.15, 0.2) is 30.3 Å². The smallest absolute Gasteiger partial charge is 0.119 e. The van der Waals surface area contributed by atoms with Crippen LogP contribution in [0, 0.1) is 17.2 Å². The molecule has 0 fully saturated rings. The first-order valence-electron chi connectivity index (χ1n) is 3.90. The lowest BCUT2D eigenvalue weighted by atomic mass is 10.2. The van der Waals surface area contributed by atoms with Gasteiger partial charge in [0.05, 0.1) is 12.0 Å². The summed E-state index contributed by atoms with van der Waals surface area (Å²) in [5.74, 6) is 0.768. The fraction of sp³-hybridized carbons (Fsp3) is 0.300. The number of ether oxygens (including phenoxy) is 1. The molecule has 2 nitrogen and oxygen atoms in total. The third-order valence-electron chi connectivity index (χ3n) is 1.46. The summed E-state index contributed by atoms with van der Waals surface area (Å²) in [5.41, 5.74) is 0. The lowest BCUT2D eigenvalue weighted by Gasteiger charge is -2.05. The summed E-state index contributed by atoms with van der Waals surface area (Å²) >= 11 is 0. The summed E-state index contributed by atoms with van der Waals surface area (Å²) < 4.78 is 5.34. The van der Waals surface area contributed by atoms with Gasteiger partial charge in [-0.15, -0.1) is 0 Å². The normalized spacial score (nSPS) is 11.7. The molecule has 12 heavy (non-hydrogen) atoms. The first-order chi connectivity index (χ1) is 5.83. The van der Waals surface area contributed by atoms with Gasteiger partial charge in [-0.25, -0.2) is 0 Å². The first kappa shape index (κ1) is 8.61. The molecule has 1 rings (SSSR count). The summed E-state index contributed by atoms with van der Waals surface area (Å²) in [4.78, 5) is 0. The summed E-state index contributed by atoms with van der Waals surface area (Å²) in [6.45, 7) is 2.30. The third kappa shape index (κ3) is 2.63.